The number of benzene rings is 2. The molecule has 3 rings (SSSR count). The summed E-state index contributed by atoms with van der Waals surface area (Å²) in [6.45, 7) is 10.3. The van der Waals surface area contributed by atoms with Crippen molar-refractivity contribution in [2.45, 2.75) is 70.8 Å². The molecule has 0 aliphatic heterocycles. The van der Waals surface area contributed by atoms with Gasteiger partial charge in [-0.15, -0.1) is 0 Å². The molecule has 1 atom stereocenters. The van der Waals surface area contributed by atoms with Crippen LogP contribution in [0.2, 0.25) is 0 Å². The molecule has 0 radical (unpaired) electrons. The van der Waals surface area contributed by atoms with Gasteiger partial charge in [0.25, 0.3) is 10.1 Å². The molecule has 2 aromatic rings. The van der Waals surface area contributed by atoms with Crippen LogP contribution in [0.1, 0.15) is 70.1 Å². The zero-order valence-electron chi connectivity index (χ0n) is 20.4. The molecule has 1 aliphatic rings. The lowest BCUT2D eigenvalue weighted by atomic mass is 9.72. The van der Waals surface area contributed by atoms with Gasteiger partial charge in [0, 0.05) is 6.42 Å². The average Bonchev–Trinajstić information content (AvgIpc) is 2.73. The van der Waals surface area contributed by atoms with Gasteiger partial charge >= 0.3 is 0 Å². The van der Waals surface area contributed by atoms with E-state index in [0.29, 0.717) is 0 Å². The Morgan fingerprint density at radius 3 is 2.45 bits per heavy atom. The maximum Gasteiger partial charge on any atom is 0.296 e. The number of hydrogen-bond donors (Lipinski definition) is 1. The summed E-state index contributed by atoms with van der Waals surface area (Å²) < 4.78 is 30.0. The summed E-state index contributed by atoms with van der Waals surface area (Å²) in [6.07, 6.45) is 8.02. The molecule has 33 heavy (non-hydrogen) atoms. The van der Waals surface area contributed by atoms with Crippen LogP contribution in [-0.2, 0) is 19.9 Å². The SMILES string of the molecule is CC1=C(C=Cc2cccc(C(C)(O)CCOS(=O)(=O)c3ccc(C)cc3)c2)C(C)(C)CCC1. The smallest absolute Gasteiger partial charge is 0.296 e. The summed E-state index contributed by atoms with van der Waals surface area (Å²) in [5.74, 6) is 0. The van der Waals surface area contributed by atoms with Gasteiger partial charge in [0.2, 0.25) is 0 Å². The van der Waals surface area contributed by atoms with Crippen LogP contribution in [0.3, 0.4) is 0 Å². The Kier molecular flexibility index (Phi) is 7.67. The normalized spacial score (nSPS) is 18.5. The fraction of sp³-hybridized carbons (Fsp3) is 0.429. The molecule has 4 nitrogen and oxygen atoms in total. The van der Waals surface area contributed by atoms with Gasteiger partial charge in [-0.1, -0.05) is 67.5 Å². The van der Waals surface area contributed by atoms with Crippen molar-refractivity contribution < 1.29 is 17.7 Å². The lowest BCUT2D eigenvalue weighted by molar-refractivity contribution is 0.0343. The van der Waals surface area contributed by atoms with E-state index in [-0.39, 0.29) is 23.3 Å². The van der Waals surface area contributed by atoms with Crippen molar-refractivity contribution in [3.8, 4) is 0 Å². The molecule has 1 N–H and O–H groups in total. The molecule has 0 aromatic heterocycles. The predicted octanol–water partition coefficient (Wildman–Crippen LogP) is 6.54. The van der Waals surface area contributed by atoms with E-state index in [1.165, 1.54) is 36.1 Å². The lowest BCUT2D eigenvalue weighted by Gasteiger charge is -2.33. The zero-order valence-corrected chi connectivity index (χ0v) is 21.2. The number of allylic oxidation sites excluding steroid dienone is 3. The quantitative estimate of drug-likeness (QED) is 0.447. The summed E-state index contributed by atoms with van der Waals surface area (Å²) in [5, 5.41) is 11.0. The molecule has 0 bridgehead atoms. The first-order valence-corrected chi connectivity index (χ1v) is 13.0. The summed E-state index contributed by atoms with van der Waals surface area (Å²) in [6, 6.07) is 14.3. The molecule has 0 fully saturated rings. The van der Waals surface area contributed by atoms with E-state index in [2.05, 4.69) is 32.9 Å². The molecule has 0 spiro atoms. The molecule has 0 heterocycles. The molecular formula is C28H36O4S. The number of hydrogen-bond acceptors (Lipinski definition) is 4. The topological polar surface area (TPSA) is 63.6 Å². The Morgan fingerprint density at radius 2 is 1.79 bits per heavy atom. The van der Waals surface area contributed by atoms with Crippen LogP contribution in [0.4, 0.5) is 0 Å². The van der Waals surface area contributed by atoms with Crippen LogP contribution in [0, 0.1) is 12.3 Å². The lowest BCUT2D eigenvalue weighted by Crippen LogP contribution is -2.24. The fourth-order valence-corrected chi connectivity index (χ4v) is 5.34. The first-order chi connectivity index (χ1) is 15.4. The molecule has 0 saturated heterocycles. The Bertz CT molecular complexity index is 1140. The standard InChI is InChI=1S/C28H36O4S/c1-21-11-14-25(15-12-21)33(30,31)32-19-18-28(5,29)24-10-6-9-23(20-24)13-16-26-22(2)8-7-17-27(26,3)4/h6,9-16,20,29H,7-8,17-19H2,1-5H3. The minimum absolute atomic E-state index is 0.108. The van der Waals surface area contributed by atoms with Crippen molar-refractivity contribution >= 4 is 16.2 Å². The Labute approximate surface area is 199 Å². The Hall–Kier alpha value is -2.21. The highest BCUT2D eigenvalue weighted by Gasteiger charge is 2.27. The largest absolute Gasteiger partial charge is 0.385 e. The van der Waals surface area contributed by atoms with Crippen molar-refractivity contribution in [3.63, 3.8) is 0 Å². The predicted molar refractivity (Wildman–Crippen MR) is 134 cm³/mol. The third-order valence-corrected chi connectivity index (χ3v) is 7.96. The van der Waals surface area contributed by atoms with Crippen LogP contribution in [0.25, 0.3) is 6.08 Å². The minimum atomic E-state index is -3.85. The highest BCUT2D eigenvalue weighted by Crippen LogP contribution is 2.41. The third-order valence-electron chi connectivity index (χ3n) is 6.63. The summed E-state index contributed by atoms with van der Waals surface area (Å²) in [5.41, 5.74) is 4.49. The summed E-state index contributed by atoms with van der Waals surface area (Å²) in [7, 11) is -3.85. The van der Waals surface area contributed by atoms with Crippen molar-refractivity contribution in [3.05, 3.63) is 82.4 Å². The second-order valence-electron chi connectivity index (χ2n) is 10.0. The van der Waals surface area contributed by atoms with Gasteiger partial charge in [0.05, 0.1) is 17.1 Å². The van der Waals surface area contributed by atoms with Crippen LogP contribution >= 0.6 is 0 Å². The number of rotatable bonds is 8. The van der Waals surface area contributed by atoms with Crippen molar-refractivity contribution in [1.82, 2.24) is 0 Å². The van der Waals surface area contributed by atoms with E-state index >= 15 is 0 Å². The zero-order chi connectivity index (χ0) is 24.3. The van der Waals surface area contributed by atoms with Crippen molar-refractivity contribution in [1.29, 1.82) is 0 Å². The van der Waals surface area contributed by atoms with E-state index in [1.54, 1.807) is 19.1 Å². The van der Waals surface area contributed by atoms with Crippen LogP contribution < -0.4 is 0 Å². The molecule has 1 aliphatic carbocycles. The second-order valence-corrected chi connectivity index (χ2v) is 11.6. The fourth-order valence-electron chi connectivity index (χ4n) is 4.43. The van der Waals surface area contributed by atoms with Crippen molar-refractivity contribution in [2.75, 3.05) is 6.61 Å². The second kappa shape index (κ2) is 9.96. The van der Waals surface area contributed by atoms with E-state index in [0.717, 1.165) is 23.1 Å². The molecule has 0 saturated carbocycles. The Balaban J connectivity index is 1.69. The molecule has 5 heteroatoms. The van der Waals surface area contributed by atoms with Crippen LogP contribution in [-0.4, -0.2) is 20.1 Å². The highest BCUT2D eigenvalue weighted by molar-refractivity contribution is 7.86. The summed E-state index contributed by atoms with van der Waals surface area (Å²) in [4.78, 5) is 0.120. The monoisotopic (exact) mass is 468 g/mol. The molecule has 178 valence electrons. The van der Waals surface area contributed by atoms with E-state index in [4.69, 9.17) is 4.18 Å². The first kappa shape index (κ1) is 25.4. The van der Waals surface area contributed by atoms with E-state index in [9.17, 15) is 13.5 Å². The molecule has 1 unspecified atom stereocenters. The maximum absolute atomic E-state index is 12.4. The van der Waals surface area contributed by atoms with Gasteiger partial charge in [-0.2, -0.15) is 8.42 Å². The van der Waals surface area contributed by atoms with Gasteiger partial charge in [0.1, 0.15) is 0 Å². The average molecular weight is 469 g/mol. The highest BCUT2D eigenvalue weighted by atomic mass is 32.2. The molecule has 2 aromatic carbocycles. The van der Waals surface area contributed by atoms with Gasteiger partial charge in [-0.05, 0) is 80.3 Å². The van der Waals surface area contributed by atoms with Gasteiger partial charge < -0.3 is 5.11 Å². The maximum atomic E-state index is 12.4. The molecule has 0 amide bonds. The van der Waals surface area contributed by atoms with Gasteiger partial charge in [-0.25, -0.2) is 0 Å². The number of aliphatic hydroxyl groups is 1. The van der Waals surface area contributed by atoms with E-state index < -0.39 is 15.7 Å². The van der Waals surface area contributed by atoms with Gasteiger partial charge in [0.15, 0.2) is 0 Å². The van der Waals surface area contributed by atoms with Gasteiger partial charge in [-0.3, -0.25) is 4.18 Å². The van der Waals surface area contributed by atoms with Crippen LogP contribution in [0.5, 0.6) is 0 Å². The molecular weight excluding hydrogens is 432 g/mol. The number of aryl methyl sites for hydroxylation is 1. The van der Waals surface area contributed by atoms with Crippen molar-refractivity contribution in [2.24, 2.45) is 5.41 Å². The first-order valence-electron chi connectivity index (χ1n) is 11.6. The van der Waals surface area contributed by atoms with E-state index in [1.807, 2.05) is 31.2 Å². The third kappa shape index (κ3) is 6.44. The van der Waals surface area contributed by atoms with Crippen LogP contribution in [0.15, 0.2) is 70.6 Å². The Morgan fingerprint density at radius 1 is 1.09 bits per heavy atom. The minimum Gasteiger partial charge on any atom is -0.385 e. The summed E-state index contributed by atoms with van der Waals surface area (Å²) >= 11 is 0.